The summed E-state index contributed by atoms with van der Waals surface area (Å²) >= 11 is 5.41. The van der Waals surface area contributed by atoms with Gasteiger partial charge in [-0.2, -0.15) is 5.10 Å². The highest BCUT2D eigenvalue weighted by atomic mass is 35.5. The SMILES string of the molecule is O=C(CCl)Nc1ccn(C2CCCCC2)n1. The van der Waals surface area contributed by atoms with E-state index in [4.69, 9.17) is 11.6 Å². The molecule has 0 bridgehead atoms. The number of hydrogen-bond acceptors (Lipinski definition) is 2. The summed E-state index contributed by atoms with van der Waals surface area (Å²) in [6, 6.07) is 2.31. The molecular weight excluding hydrogens is 226 g/mol. The smallest absolute Gasteiger partial charge is 0.240 e. The van der Waals surface area contributed by atoms with Crippen molar-refractivity contribution >= 4 is 23.3 Å². The minimum absolute atomic E-state index is 0.0315. The molecule has 1 amide bonds. The third kappa shape index (κ3) is 2.76. The van der Waals surface area contributed by atoms with Crippen LogP contribution in [0.15, 0.2) is 12.3 Å². The molecular formula is C11H16ClN3O. The molecule has 0 aliphatic heterocycles. The van der Waals surface area contributed by atoms with Gasteiger partial charge in [-0.3, -0.25) is 9.48 Å². The van der Waals surface area contributed by atoms with Crippen molar-refractivity contribution in [1.29, 1.82) is 0 Å². The van der Waals surface area contributed by atoms with Gasteiger partial charge in [0.1, 0.15) is 5.88 Å². The molecule has 1 heterocycles. The van der Waals surface area contributed by atoms with Crippen molar-refractivity contribution in [3.63, 3.8) is 0 Å². The molecule has 1 aromatic rings. The summed E-state index contributed by atoms with van der Waals surface area (Å²) in [6.07, 6.45) is 8.17. The Bertz CT molecular complexity index is 358. The first-order chi connectivity index (χ1) is 7.79. The number of aromatic nitrogens is 2. The molecule has 0 atom stereocenters. The number of nitrogens with zero attached hydrogens (tertiary/aromatic N) is 2. The Kier molecular flexibility index (Phi) is 3.83. The first-order valence-electron chi connectivity index (χ1n) is 5.70. The molecule has 88 valence electrons. The van der Waals surface area contributed by atoms with Crippen LogP contribution in [0.1, 0.15) is 38.1 Å². The topological polar surface area (TPSA) is 46.9 Å². The van der Waals surface area contributed by atoms with Crippen LogP contribution in [0, 0.1) is 0 Å². The molecule has 0 spiro atoms. The van der Waals surface area contributed by atoms with Crippen molar-refractivity contribution in [2.24, 2.45) is 0 Å². The molecule has 4 nitrogen and oxygen atoms in total. The highest BCUT2D eigenvalue weighted by Crippen LogP contribution is 2.27. The van der Waals surface area contributed by atoms with Gasteiger partial charge >= 0.3 is 0 Å². The Morgan fingerprint density at radius 2 is 2.25 bits per heavy atom. The molecule has 1 aromatic heterocycles. The Hall–Kier alpha value is -1.03. The third-order valence-corrected chi connectivity index (χ3v) is 3.19. The fourth-order valence-corrected chi connectivity index (χ4v) is 2.20. The molecule has 0 radical (unpaired) electrons. The van der Waals surface area contributed by atoms with Gasteiger partial charge in [0, 0.05) is 12.3 Å². The zero-order valence-electron chi connectivity index (χ0n) is 9.16. The molecule has 0 saturated heterocycles. The Labute approximate surface area is 100.0 Å². The van der Waals surface area contributed by atoms with Gasteiger partial charge in [-0.25, -0.2) is 0 Å². The second-order valence-corrected chi connectivity index (χ2v) is 4.42. The summed E-state index contributed by atoms with van der Waals surface area (Å²) in [4.78, 5) is 11.1. The first kappa shape index (κ1) is 11.5. The zero-order chi connectivity index (χ0) is 11.4. The minimum atomic E-state index is -0.212. The summed E-state index contributed by atoms with van der Waals surface area (Å²) in [5.41, 5.74) is 0. The lowest BCUT2D eigenvalue weighted by molar-refractivity contribution is -0.113. The van der Waals surface area contributed by atoms with Crippen LogP contribution >= 0.6 is 11.6 Å². The molecule has 1 aliphatic carbocycles. The van der Waals surface area contributed by atoms with Crippen LogP contribution in [0.4, 0.5) is 5.82 Å². The Balaban J connectivity index is 1.98. The maximum Gasteiger partial charge on any atom is 0.240 e. The standard InChI is InChI=1S/C11H16ClN3O/c12-8-11(16)13-10-6-7-15(14-10)9-4-2-1-3-5-9/h6-7,9H,1-5,8H2,(H,13,14,16). The van der Waals surface area contributed by atoms with Gasteiger partial charge in [-0.1, -0.05) is 19.3 Å². The van der Waals surface area contributed by atoms with Crippen molar-refractivity contribution in [3.8, 4) is 0 Å². The van der Waals surface area contributed by atoms with Crippen LogP contribution in [0.5, 0.6) is 0 Å². The van der Waals surface area contributed by atoms with E-state index in [0.29, 0.717) is 11.9 Å². The Morgan fingerprint density at radius 3 is 2.94 bits per heavy atom. The van der Waals surface area contributed by atoms with Crippen LogP contribution in [0.3, 0.4) is 0 Å². The normalized spacial score (nSPS) is 17.3. The monoisotopic (exact) mass is 241 g/mol. The van der Waals surface area contributed by atoms with Crippen molar-refractivity contribution in [2.75, 3.05) is 11.2 Å². The lowest BCUT2D eigenvalue weighted by Crippen LogP contribution is -2.16. The average molecular weight is 242 g/mol. The number of anilines is 1. The summed E-state index contributed by atoms with van der Waals surface area (Å²) < 4.78 is 1.96. The van der Waals surface area contributed by atoms with E-state index in [1.807, 2.05) is 16.9 Å². The Morgan fingerprint density at radius 1 is 1.50 bits per heavy atom. The van der Waals surface area contributed by atoms with E-state index in [0.717, 1.165) is 0 Å². The maximum absolute atomic E-state index is 11.1. The lowest BCUT2D eigenvalue weighted by Gasteiger charge is -2.21. The van der Waals surface area contributed by atoms with E-state index < -0.39 is 0 Å². The van der Waals surface area contributed by atoms with E-state index in [-0.39, 0.29) is 11.8 Å². The molecule has 1 N–H and O–H groups in total. The number of nitrogens with one attached hydrogen (secondary N) is 1. The predicted molar refractivity (Wildman–Crippen MR) is 63.7 cm³/mol. The largest absolute Gasteiger partial charge is 0.308 e. The number of rotatable bonds is 3. The quantitative estimate of drug-likeness (QED) is 0.827. The number of amides is 1. The number of carbonyl (C=O) groups excluding carboxylic acids is 1. The number of hydrogen-bond donors (Lipinski definition) is 1. The minimum Gasteiger partial charge on any atom is -0.308 e. The van der Waals surface area contributed by atoms with E-state index in [2.05, 4.69) is 10.4 Å². The highest BCUT2D eigenvalue weighted by Gasteiger charge is 2.16. The van der Waals surface area contributed by atoms with Gasteiger partial charge in [-0.05, 0) is 12.8 Å². The number of halogens is 1. The average Bonchev–Trinajstić information content (AvgIpc) is 2.78. The van der Waals surface area contributed by atoms with Crippen LogP contribution in [0.25, 0.3) is 0 Å². The van der Waals surface area contributed by atoms with Gasteiger partial charge < -0.3 is 5.32 Å². The fourth-order valence-electron chi connectivity index (χ4n) is 2.13. The first-order valence-corrected chi connectivity index (χ1v) is 6.24. The van der Waals surface area contributed by atoms with Crippen LogP contribution in [-0.4, -0.2) is 21.6 Å². The van der Waals surface area contributed by atoms with Crippen molar-refractivity contribution in [2.45, 2.75) is 38.1 Å². The van der Waals surface area contributed by atoms with Gasteiger partial charge in [0.2, 0.25) is 5.91 Å². The summed E-state index contributed by atoms with van der Waals surface area (Å²) in [7, 11) is 0. The molecule has 16 heavy (non-hydrogen) atoms. The van der Waals surface area contributed by atoms with E-state index >= 15 is 0 Å². The number of alkyl halides is 1. The van der Waals surface area contributed by atoms with Crippen molar-refractivity contribution in [3.05, 3.63) is 12.3 Å². The van der Waals surface area contributed by atoms with Gasteiger partial charge in [-0.15, -0.1) is 11.6 Å². The van der Waals surface area contributed by atoms with Gasteiger partial charge in [0.05, 0.1) is 6.04 Å². The molecule has 1 aliphatic rings. The lowest BCUT2D eigenvalue weighted by atomic mass is 9.96. The molecule has 1 saturated carbocycles. The van der Waals surface area contributed by atoms with Crippen molar-refractivity contribution < 1.29 is 4.79 Å². The van der Waals surface area contributed by atoms with Crippen LogP contribution in [0.2, 0.25) is 0 Å². The maximum atomic E-state index is 11.1. The molecule has 0 unspecified atom stereocenters. The summed E-state index contributed by atoms with van der Waals surface area (Å²) in [6.45, 7) is 0. The zero-order valence-corrected chi connectivity index (χ0v) is 9.91. The van der Waals surface area contributed by atoms with Gasteiger partial charge in [0.25, 0.3) is 0 Å². The fraction of sp³-hybridized carbons (Fsp3) is 0.636. The van der Waals surface area contributed by atoms with Crippen LogP contribution < -0.4 is 5.32 Å². The number of carbonyl (C=O) groups is 1. The molecule has 5 heteroatoms. The van der Waals surface area contributed by atoms with Crippen LogP contribution in [-0.2, 0) is 4.79 Å². The third-order valence-electron chi connectivity index (χ3n) is 2.95. The van der Waals surface area contributed by atoms with E-state index in [1.165, 1.54) is 32.1 Å². The molecule has 2 rings (SSSR count). The second kappa shape index (κ2) is 5.34. The molecule has 0 aromatic carbocycles. The summed E-state index contributed by atoms with van der Waals surface area (Å²) in [5, 5.41) is 7.00. The highest BCUT2D eigenvalue weighted by molar-refractivity contribution is 6.28. The van der Waals surface area contributed by atoms with E-state index in [9.17, 15) is 4.79 Å². The second-order valence-electron chi connectivity index (χ2n) is 4.15. The van der Waals surface area contributed by atoms with Gasteiger partial charge in [0.15, 0.2) is 5.82 Å². The summed E-state index contributed by atoms with van der Waals surface area (Å²) in [5.74, 6) is 0.350. The molecule has 1 fully saturated rings. The predicted octanol–water partition coefficient (Wildman–Crippen LogP) is 2.57. The van der Waals surface area contributed by atoms with E-state index in [1.54, 1.807) is 0 Å². The van der Waals surface area contributed by atoms with Crippen molar-refractivity contribution in [1.82, 2.24) is 9.78 Å².